The molecule has 1 amide bonds. The van der Waals surface area contributed by atoms with Crippen LogP contribution in [0.1, 0.15) is 15.9 Å². The van der Waals surface area contributed by atoms with Gasteiger partial charge in [0.25, 0.3) is 11.5 Å². The molecule has 3 aromatic rings. The average Bonchev–Trinajstić information content (AvgIpc) is 2.59. The molecular weight excluding hydrogens is 349 g/mol. The van der Waals surface area contributed by atoms with E-state index in [1.807, 2.05) is 0 Å². The highest BCUT2D eigenvalue weighted by atomic mass is 19.4. The molecule has 26 heavy (non-hydrogen) atoms. The van der Waals surface area contributed by atoms with Crippen LogP contribution in [-0.4, -0.2) is 15.6 Å². The third kappa shape index (κ3) is 3.01. The molecule has 0 aliphatic rings. The second-order valence-corrected chi connectivity index (χ2v) is 5.63. The standard InChI is InChI=1S/C18H13F3N2O3/c1-23-13-5-3-2-4-12(13)15(24)14(17(23)26)16(25)22-11-8-6-10(7-9-11)18(19,20)21/h2-9,24H,1H3,(H,22,25). The zero-order valence-electron chi connectivity index (χ0n) is 13.5. The molecule has 3 rings (SSSR count). The first-order chi connectivity index (χ1) is 12.2. The fourth-order valence-corrected chi connectivity index (χ4v) is 2.62. The smallest absolute Gasteiger partial charge is 0.416 e. The second kappa shape index (κ2) is 6.21. The van der Waals surface area contributed by atoms with Crippen molar-refractivity contribution in [2.75, 3.05) is 5.32 Å². The monoisotopic (exact) mass is 362 g/mol. The average molecular weight is 362 g/mol. The minimum atomic E-state index is -4.49. The Balaban J connectivity index is 2.00. The summed E-state index contributed by atoms with van der Waals surface area (Å²) in [5, 5.41) is 13.0. The zero-order valence-corrected chi connectivity index (χ0v) is 13.5. The quantitative estimate of drug-likeness (QED) is 0.733. The van der Waals surface area contributed by atoms with Crippen molar-refractivity contribution in [1.29, 1.82) is 0 Å². The number of amides is 1. The molecule has 0 fully saturated rings. The maximum atomic E-state index is 12.6. The van der Waals surface area contributed by atoms with Crippen molar-refractivity contribution in [3.63, 3.8) is 0 Å². The lowest BCUT2D eigenvalue weighted by atomic mass is 10.1. The number of aromatic hydroxyl groups is 1. The first-order valence-electron chi connectivity index (χ1n) is 7.49. The van der Waals surface area contributed by atoms with Crippen LogP contribution in [0, 0.1) is 0 Å². The minimum absolute atomic E-state index is 0.0672. The van der Waals surface area contributed by atoms with Crippen LogP contribution in [0.25, 0.3) is 10.9 Å². The summed E-state index contributed by atoms with van der Waals surface area (Å²) in [4.78, 5) is 24.8. The van der Waals surface area contributed by atoms with Crippen LogP contribution in [0.4, 0.5) is 18.9 Å². The molecule has 0 aliphatic heterocycles. The number of hydrogen-bond acceptors (Lipinski definition) is 3. The number of fused-ring (bicyclic) bond motifs is 1. The van der Waals surface area contributed by atoms with E-state index in [0.717, 1.165) is 24.3 Å². The van der Waals surface area contributed by atoms with Gasteiger partial charge in [0.15, 0.2) is 0 Å². The summed E-state index contributed by atoms with van der Waals surface area (Å²) in [6, 6.07) is 10.3. The number of alkyl halides is 3. The molecule has 2 N–H and O–H groups in total. The lowest BCUT2D eigenvalue weighted by Crippen LogP contribution is -2.28. The van der Waals surface area contributed by atoms with Crippen LogP contribution < -0.4 is 10.9 Å². The summed E-state index contributed by atoms with van der Waals surface area (Å²) in [7, 11) is 1.46. The van der Waals surface area contributed by atoms with Gasteiger partial charge < -0.3 is 15.0 Å². The molecule has 0 aliphatic carbocycles. The molecule has 5 nitrogen and oxygen atoms in total. The fourth-order valence-electron chi connectivity index (χ4n) is 2.62. The van der Waals surface area contributed by atoms with Gasteiger partial charge in [0.2, 0.25) is 0 Å². The Labute approximate surface area is 145 Å². The number of nitrogens with zero attached hydrogens (tertiary/aromatic N) is 1. The van der Waals surface area contributed by atoms with Gasteiger partial charge in [-0.2, -0.15) is 13.2 Å². The van der Waals surface area contributed by atoms with Crippen molar-refractivity contribution < 1.29 is 23.1 Å². The third-order valence-electron chi connectivity index (χ3n) is 3.97. The summed E-state index contributed by atoms with van der Waals surface area (Å²) < 4.78 is 39.0. The topological polar surface area (TPSA) is 71.3 Å². The van der Waals surface area contributed by atoms with Crippen molar-refractivity contribution >= 4 is 22.5 Å². The number of hydrogen-bond donors (Lipinski definition) is 2. The molecule has 0 atom stereocenters. The van der Waals surface area contributed by atoms with E-state index in [-0.39, 0.29) is 5.69 Å². The van der Waals surface area contributed by atoms with Crippen molar-refractivity contribution in [2.24, 2.45) is 7.05 Å². The summed E-state index contributed by atoms with van der Waals surface area (Å²) in [6.45, 7) is 0. The molecule has 0 saturated carbocycles. The van der Waals surface area contributed by atoms with Crippen molar-refractivity contribution in [2.45, 2.75) is 6.18 Å². The number of nitrogens with one attached hydrogen (secondary N) is 1. The molecule has 1 aromatic heterocycles. The van der Waals surface area contributed by atoms with Gasteiger partial charge in [0.05, 0.1) is 11.1 Å². The molecule has 2 aromatic carbocycles. The Morgan fingerprint density at radius 1 is 1.08 bits per heavy atom. The van der Waals surface area contributed by atoms with Crippen LogP contribution >= 0.6 is 0 Å². The van der Waals surface area contributed by atoms with Gasteiger partial charge in [-0.1, -0.05) is 12.1 Å². The van der Waals surface area contributed by atoms with E-state index in [4.69, 9.17) is 0 Å². The minimum Gasteiger partial charge on any atom is -0.506 e. The Kier molecular flexibility index (Phi) is 4.19. The Morgan fingerprint density at radius 3 is 2.31 bits per heavy atom. The molecule has 0 unspecified atom stereocenters. The number of benzene rings is 2. The number of halogens is 3. The number of aromatic nitrogens is 1. The highest BCUT2D eigenvalue weighted by Gasteiger charge is 2.30. The van der Waals surface area contributed by atoms with Gasteiger partial charge in [-0.25, -0.2) is 0 Å². The number of pyridine rings is 1. The van der Waals surface area contributed by atoms with E-state index in [0.29, 0.717) is 10.9 Å². The first kappa shape index (κ1) is 17.5. The molecule has 8 heteroatoms. The van der Waals surface area contributed by atoms with E-state index in [1.165, 1.54) is 11.6 Å². The molecule has 0 saturated heterocycles. The normalized spacial score (nSPS) is 11.5. The predicted molar refractivity (Wildman–Crippen MR) is 90.3 cm³/mol. The number of carbonyl (C=O) groups is 1. The van der Waals surface area contributed by atoms with Crippen molar-refractivity contribution in [3.8, 4) is 5.75 Å². The van der Waals surface area contributed by atoms with Crippen molar-refractivity contribution in [1.82, 2.24) is 4.57 Å². The fraction of sp³-hybridized carbons (Fsp3) is 0.111. The van der Waals surface area contributed by atoms with Gasteiger partial charge >= 0.3 is 6.18 Å². The van der Waals surface area contributed by atoms with Gasteiger partial charge in [0.1, 0.15) is 11.3 Å². The number of para-hydroxylation sites is 1. The van der Waals surface area contributed by atoms with Crippen LogP contribution in [0.3, 0.4) is 0 Å². The second-order valence-electron chi connectivity index (χ2n) is 5.63. The largest absolute Gasteiger partial charge is 0.506 e. The highest BCUT2D eigenvalue weighted by Crippen LogP contribution is 2.30. The highest BCUT2D eigenvalue weighted by molar-refractivity contribution is 6.09. The van der Waals surface area contributed by atoms with E-state index in [1.54, 1.807) is 24.3 Å². The summed E-state index contributed by atoms with van der Waals surface area (Å²) in [5.74, 6) is -1.39. The Bertz CT molecular complexity index is 1050. The number of carbonyl (C=O) groups excluding carboxylic acids is 1. The Hall–Kier alpha value is -3.29. The van der Waals surface area contributed by atoms with E-state index in [9.17, 15) is 27.9 Å². The number of aryl methyl sites for hydroxylation is 1. The van der Waals surface area contributed by atoms with Crippen LogP contribution in [0.5, 0.6) is 5.75 Å². The van der Waals surface area contributed by atoms with Crippen LogP contribution in [0.2, 0.25) is 0 Å². The summed E-state index contributed by atoms with van der Waals surface area (Å²) in [6.07, 6.45) is -4.49. The van der Waals surface area contributed by atoms with Crippen LogP contribution in [0.15, 0.2) is 53.3 Å². The molecule has 134 valence electrons. The summed E-state index contributed by atoms with van der Waals surface area (Å²) in [5.41, 5.74) is -1.55. The lowest BCUT2D eigenvalue weighted by molar-refractivity contribution is -0.137. The van der Waals surface area contributed by atoms with Gasteiger partial charge in [0, 0.05) is 18.1 Å². The van der Waals surface area contributed by atoms with Gasteiger partial charge in [-0.15, -0.1) is 0 Å². The number of rotatable bonds is 2. The SMILES string of the molecule is Cn1c(=O)c(C(=O)Nc2ccc(C(F)(F)F)cc2)c(O)c2ccccc21. The van der Waals surface area contributed by atoms with Gasteiger partial charge in [-0.05, 0) is 36.4 Å². The Morgan fingerprint density at radius 2 is 1.69 bits per heavy atom. The summed E-state index contributed by atoms with van der Waals surface area (Å²) >= 11 is 0. The van der Waals surface area contributed by atoms with Crippen molar-refractivity contribution in [3.05, 3.63) is 70.0 Å². The third-order valence-corrected chi connectivity index (χ3v) is 3.97. The number of anilines is 1. The molecule has 0 radical (unpaired) electrons. The van der Waals surface area contributed by atoms with Crippen LogP contribution in [-0.2, 0) is 13.2 Å². The van der Waals surface area contributed by atoms with Gasteiger partial charge in [-0.3, -0.25) is 9.59 Å². The molecule has 0 bridgehead atoms. The molecule has 0 spiro atoms. The molecule has 1 heterocycles. The first-order valence-corrected chi connectivity index (χ1v) is 7.49. The zero-order chi connectivity index (χ0) is 19.1. The molecular formula is C18H13F3N2O3. The predicted octanol–water partition coefficient (Wildman–Crippen LogP) is 3.52. The van der Waals surface area contributed by atoms with E-state index in [2.05, 4.69) is 5.32 Å². The lowest BCUT2D eigenvalue weighted by Gasteiger charge is -2.12. The van der Waals surface area contributed by atoms with E-state index < -0.39 is 34.5 Å². The maximum Gasteiger partial charge on any atom is 0.416 e. The van der Waals surface area contributed by atoms with E-state index >= 15 is 0 Å². The maximum absolute atomic E-state index is 12.6.